The molecule has 2 rings (SSSR count). The molecular weight excluding hydrogens is 200 g/mol. The summed E-state index contributed by atoms with van der Waals surface area (Å²) in [7, 11) is 1.60. The average molecular weight is 214 g/mol. The zero-order valence-corrected chi connectivity index (χ0v) is 9.40. The van der Waals surface area contributed by atoms with Gasteiger partial charge in [0.2, 0.25) is 5.88 Å². The first-order valence-electron chi connectivity index (χ1n) is 5.07. The number of hydrogen-bond acceptors (Lipinski definition) is 3. The Labute approximate surface area is 94.9 Å². The molecule has 1 aromatic heterocycles. The fourth-order valence-electron chi connectivity index (χ4n) is 1.58. The minimum Gasteiger partial charge on any atom is -0.481 e. The fraction of sp³-hybridized carbons (Fsp3) is 0.154. The minimum atomic E-state index is 0.606. The molecule has 0 radical (unpaired) electrons. The molecule has 2 N–H and O–H groups in total. The number of nitrogens with two attached hydrogens (primary N) is 1. The summed E-state index contributed by atoms with van der Waals surface area (Å²) in [5.41, 5.74) is 9.89. The standard InChI is InChI=1S/C13H14N2O/c1-9-3-5-12(14)11(7-9)10-4-6-13(16-2)15-8-10/h3-8H,14H2,1-2H3. The Balaban J connectivity index is 2.45. The predicted octanol–water partition coefficient (Wildman–Crippen LogP) is 2.65. The molecule has 0 fully saturated rings. The second-order valence-electron chi connectivity index (χ2n) is 3.68. The van der Waals surface area contributed by atoms with Gasteiger partial charge >= 0.3 is 0 Å². The van der Waals surface area contributed by atoms with Gasteiger partial charge in [0, 0.05) is 29.1 Å². The molecule has 0 aliphatic heterocycles. The minimum absolute atomic E-state index is 0.606. The summed E-state index contributed by atoms with van der Waals surface area (Å²) in [5.74, 6) is 0.606. The third kappa shape index (κ3) is 1.98. The molecule has 0 saturated carbocycles. The fourth-order valence-corrected chi connectivity index (χ4v) is 1.58. The summed E-state index contributed by atoms with van der Waals surface area (Å²) in [6.45, 7) is 2.04. The van der Waals surface area contributed by atoms with Crippen LogP contribution in [-0.4, -0.2) is 12.1 Å². The van der Waals surface area contributed by atoms with Gasteiger partial charge in [0.1, 0.15) is 0 Å². The van der Waals surface area contributed by atoms with Crippen LogP contribution in [0.15, 0.2) is 36.5 Å². The molecule has 0 bridgehead atoms. The zero-order chi connectivity index (χ0) is 11.5. The van der Waals surface area contributed by atoms with Gasteiger partial charge in [0.05, 0.1) is 7.11 Å². The SMILES string of the molecule is COc1ccc(-c2cc(C)ccc2N)cn1. The Bertz CT molecular complexity index is 492. The first kappa shape index (κ1) is 10.5. The summed E-state index contributed by atoms with van der Waals surface area (Å²) in [6, 6.07) is 9.75. The monoisotopic (exact) mass is 214 g/mol. The van der Waals surface area contributed by atoms with Gasteiger partial charge in [-0.2, -0.15) is 0 Å². The molecule has 0 atom stereocenters. The summed E-state index contributed by atoms with van der Waals surface area (Å²) in [6.07, 6.45) is 1.77. The molecule has 1 heterocycles. The number of aromatic nitrogens is 1. The van der Waals surface area contributed by atoms with Crippen molar-refractivity contribution in [3.8, 4) is 17.0 Å². The van der Waals surface area contributed by atoms with Crippen LogP contribution in [0.5, 0.6) is 5.88 Å². The lowest BCUT2D eigenvalue weighted by molar-refractivity contribution is 0.398. The second kappa shape index (κ2) is 4.23. The van der Waals surface area contributed by atoms with E-state index in [1.807, 2.05) is 31.2 Å². The van der Waals surface area contributed by atoms with Gasteiger partial charge in [-0.1, -0.05) is 11.6 Å². The maximum atomic E-state index is 5.93. The first-order valence-corrected chi connectivity index (χ1v) is 5.07. The van der Waals surface area contributed by atoms with E-state index in [0.29, 0.717) is 5.88 Å². The molecule has 1 aromatic carbocycles. The molecule has 0 aliphatic rings. The van der Waals surface area contributed by atoms with Crippen molar-refractivity contribution in [2.45, 2.75) is 6.92 Å². The molecule has 0 unspecified atom stereocenters. The number of nitrogens with zero attached hydrogens (tertiary/aromatic N) is 1. The number of ether oxygens (including phenoxy) is 1. The summed E-state index contributed by atoms with van der Waals surface area (Å²) in [4.78, 5) is 4.17. The Kier molecular flexibility index (Phi) is 2.77. The van der Waals surface area contributed by atoms with Crippen LogP contribution in [0.1, 0.15) is 5.56 Å². The van der Waals surface area contributed by atoms with E-state index in [4.69, 9.17) is 10.5 Å². The van der Waals surface area contributed by atoms with Crippen LogP contribution in [0.25, 0.3) is 11.1 Å². The van der Waals surface area contributed by atoms with Crippen LogP contribution in [0, 0.1) is 6.92 Å². The highest BCUT2D eigenvalue weighted by molar-refractivity contribution is 5.76. The van der Waals surface area contributed by atoms with Gasteiger partial charge < -0.3 is 10.5 Å². The Morgan fingerprint density at radius 1 is 1.19 bits per heavy atom. The lowest BCUT2D eigenvalue weighted by atomic mass is 10.0. The largest absolute Gasteiger partial charge is 0.481 e. The number of aryl methyl sites for hydroxylation is 1. The van der Waals surface area contributed by atoms with Crippen molar-refractivity contribution in [3.05, 3.63) is 42.1 Å². The van der Waals surface area contributed by atoms with Gasteiger partial charge in [0.25, 0.3) is 0 Å². The number of nitrogen functional groups attached to an aromatic ring is 1. The van der Waals surface area contributed by atoms with Crippen LogP contribution in [0.4, 0.5) is 5.69 Å². The number of anilines is 1. The van der Waals surface area contributed by atoms with Crippen LogP contribution < -0.4 is 10.5 Å². The summed E-state index contributed by atoms with van der Waals surface area (Å²) in [5, 5.41) is 0. The van der Waals surface area contributed by atoms with E-state index in [0.717, 1.165) is 16.8 Å². The molecule has 0 aliphatic carbocycles. The predicted molar refractivity (Wildman–Crippen MR) is 65.4 cm³/mol. The molecule has 0 spiro atoms. The van der Waals surface area contributed by atoms with Crippen molar-refractivity contribution in [1.82, 2.24) is 4.98 Å². The smallest absolute Gasteiger partial charge is 0.212 e. The highest BCUT2D eigenvalue weighted by atomic mass is 16.5. The van der Waals surface area contributed by atoms with Crippen LogP contribution in [0.3, 0.4) is 0 Å². The van der Waals surface area contributed by atoms with Crippen molar-refractivity contribution in [3.63, 3.8) is 0 Å². The lowest BCUT2D eigenvalue weighted by Crippen LogP contribution is -1.92. The number of rotatable bonds is 2. The molecular formula is C13H14N2O. The topological polar surface area (TPSA) is 48.1 Å². The van der Waals surface area contributed by atoms with Crippen LogP contribution >= 0.6 is 0 Å². The van der Waals surface area contributed by atoms with Crippen molar-refractivity contribution < 1.29 is 4.74 Å². The third-order valence-corrected chi connectivity index (χ3v) is 2.47. The quantitative estimate of drug-likeness (QED) is 0.782. The van der Waals surface area contributed by atoms with E-state index >= 15 is 0 Å². The molecule has 2 aromatic rings. The van der Waals surface area contributed by atoms with Gasteiger partial charge in [0.15, 0.2) is 0 Å². The highest BCUT2D eigenvalue weighted by Crippen LogP contribution is 2.27. The van der Waals surface area contributed by atoms with Crippen LogP contribution in [0.2, 0.25) is 0 Å². The summed E-state index contributed by atoms with van der Waals surface area (Å²) < 4.78 is 5.02. The van der Waals surface area contributed by atoms with Gasteiger partial charge in [-0.15, -0.1) is 0 Å². The number of benzene rings is 1. The third-order valence-electron chi connectivity index (χ3n) is 2.47. The first-order chi connectivity index (χ1) is 7.70. The Hall–Kier alpha value is -2.03. The molecule has 0 saturated heterocycles. The lowest BCUT2D eigenvalue weighted by Gasteiger charge is -2.07. The molecule has 0 amide bonds. The van der Waals surface area contributed by atoms with E-state index < -0.39 is 0 Å². The van der Waals surface area contributed by atoms with Crippen molar-refractivity contribution in [1.29, 1.82) is 0 Å². The van der Waals surface area contributed by atoms with Gasteiger partial charge in [-0.25, -0.2) is 4.98 Å². The van der Waals surface area contributed by atoms with E-state index in [-0.39, 0.29) is 0 Å². The molecule has 3 nitrogen and oxygen atoms in total. The maximum absolute atomic E-state index is 5.93. The van der Waals surface area contributed by atoms with Crippen LogP contribution in [-0.2, 0) is 0 Å². The number of pyridine rings is 1. The summed E-state index contributed by atoms with van der Waals surface area (Å²) >= 11 is 0. The van der Waals surface area contributed by atoms with E-state index in [9.17, 15) is 0 Å². The van der Waals surface area contributed by atoms with Gasteiger partial charge in [-0.05, 0) is 25.1 Å². The van der Waals surface area contributed by atoms with Gasteiger partial charge in [-0.3, -0.25) is 0 Å². The highest BCUT2D eigenvalue weighted by Gasteiger charge is 2.03. The van der Waals surface area contributed by atoms with Crippen molar-refractivity contribution >= 4 is 5.69 Å². The van der Waals surface area contributed by atoms with E-state index in [2.05, 4.69) is 11.1 Å². The Morgan fingerprint density at radius 3 is 2.62 bits per heavy atom. The van der Waals surface area contributed by atoms with E-state index in [1.165, 1.54) is 5.56 Å². The maximum Gasteiger partial charge on any atom is 0.212 e. The van der Waals surface area contributed by atoms with Crippen molar-refractivity contribution in [2.24, 2.45) is 0 Å². The second-order valence-corrected chi connectivity index (χ2v) is 3.68. The average Bonchev–Trinajstić information content (AvgIpc) is 2.32. The molecule has 16 heavy (non-hydrogen) atoms. The normalized spacial score (nSPS) is 10.1. The number of methoxy groups -OCH3 is 1. The zero-order valence-electron chi connectivity index (χ0n) is 9.40. The molecule has 3 heteroatoms. The van der Waals surface area contributed by atoms with E-state index in [1.54, 1.807) is 13.3 Å². The van der Waals surface area contributed by atoms with Crippen molar-refractivity contribution in [2.75, 3.05) is 12.8 Å². The molecule has 82 valence electrons. The Morgan fingerprint density at radius 2 is 2.00 bits per heavy atom. The number of hydrogen-bond donors (Lipinski definition) is 1.